The molecule has 0 radical (unpaired) electrons. The summed E-state index contributed by atoms with van der Waals surface area (Å²) in [6.07, 6.45) is 0.886. The maximum absolute atomic E-state index is 11.1. The van der Waals surface area contributed by atoms with E-state index >= 15 is 0 Å². The Labute approximate surface area is 124 Å². The Morgan fingerprint density at radius 2 is 2.05 bits per heavy atom. The van der Waals surface area contributed by atoms with Crippen LogP contribution in [0.25, 0.3) is 0 Å². The van der Waals surface area contributed by atoms with Gasteiger partial charge in [-0.25, -0.2) is 0 Å². The van der Waals surface area contributed by atoms with E-state index in [-0.39, 0.29) is 10.6 Å². The Hall–Kier alpha value is -1.82. The maximum atomic E-state index is 11.1. The van der Waals surface area contributed by atoms with Gasteiger partial charge >= 0.3 is 0 Å². The Bertz CT molecular complexity index is 523. The van der Waals surface area contributed by atoms with E-state index in [1.807, 2.05) is 13.0 Å². The van der Waals surface area contributed by atoms with Gasteiger partial charge in [0.2, 0.25) is 0 Å². The van der Waals surface area contributed by atoms with Gasteiger partial charge in [-0.3, -0.25) is 10.1 Å². The Morgan fingerprint density at radius 1 is 1.33 bits per heavy atom. The molecule has 114 valence electrons. The number of hydrogen-bond donors (Lipinski definition) is 1. The molecule has 0 aliphatic carbocycles. The summed E-state index contributed by atoms with van der Waals surface area (Å²) in [5.74, 6) is 1.91. The number of nitro groups is 1. The number of rotatable bonds is 5. The van der Waals surface area contributed by atoms with Crippen LogP contribution in [0.4, 0.5) is 11.4 Å². The second-order valence-corrected chi connectivity index (χ2v) is 5.87. The molecule has 1 aromatic carbocycles. The van der Waals surface area contributed by atoms with Crippen molar-refractivity contribution in [3.63, 3.8) is 0 Å². The fourth-order valence-corrected chi connectivity index (χ4v) is 3.23. The SMILES string of the molecule is CCCOc1cc(N2CC3CNCC3C2)cc([N+](=O)[O-])c1. The molecule has 2 fully saturated rings. The van der Waals surface area contributed by atoms with Crippen LogP contribution in [0.5, 0.6) is 5.75 Å². The van der Waals surface area contributed by atoms with E-state index in [4.69, 9.17) is 4.74 Å². The molecule has 0 spiro atoms. The molecule has 21 heavy (non-hydrogen) atoms. The van der Waals surface area contributed by atoms with Gasteiger partial charge in [0.05, 0.1) is 17.6 Å². The molecule has 3 rings (SSSR count). The van der Waals surface area contributed by atoms with Crippen LogP contribution in [-0.4, -0.2) is 37.7 Å². The fourth-order valence-electron chi connectivity index (χ4n) is 3.23. The molecule has 0 bridgehead atoms. The van der Waals surface area contributed by atoms with Crippen molar-refractivity contribution < 1.29 is 9.66 Å². The zero-order chi connectivity index (χ0) is 14.8. The number of nitro benzene ring substituents is 1. The number of nitrogens with one attached hydrogen (secondary N) is 1. The van der Waals surface area contributed by atoms with Crippen molar-refractivity contribution >= 4 is 11.4 Å². The topological polar surface area (TPSA) is 67.6 Å². The summed E-state index contributed by atoms with van der Waals surface area (Å²) < 4.78 is 5.60. The second-order valence-electron chi connectivity index (χ2n) is 5.87. The Balaban J connectivity index is 1.83. The highest BCUT2D eigenvalue weighted by atomic mass is 16.6. The van der Waals surface area contributed by atoms with Gasteiger partial charge in [0.25, 0.3) is 5.69 Å². The van der Waals surface area contributed by atoms with E-state index in [0.717, 1.165) is 38.3 Å². The van der Waals surface area contributed by atoms with Gasteiger partial charge in [-0.2, -0.15) is 0 Å². The van der Waals surface area contributed by atoms with Crippen LogP contribution in [0, 0.1) is 22.0 Å². The van der Waals surface area contributed by atoms with Crippen molar-refractivity contribution in [2.75, 3.05) is 37.7 Å². The minimum atomic E-state index is -0.346. The van der Waals surface area contributed by atoms with Crippen LogP contribution in [0.1, 0.15) is 13.3 Å². The van der Waals surface area contributed by atoms with Gasteiger partial charge in [-0.1, -0.05) is 6.92 Å². The summed E-state index contributed by atoms with van der Waals surface area (Å²) >= 11 is 0. The molecule has 2 heterocycles. The van der Waals surface area contributed by atoms with Crippen LogP contribution in [-0.2, 0) is 0 Å². The summed E-state index contributed by atoms with van der Waals surface area (Å²) in [5.41, 5.74) is 1.01. The first-order valence-corrected chi connectivity index (χ1v) is 7.55. The first kappa shape index (κ1) is 14.1. The number of anilines is 1. The summed E-state index contributed by atoms with van der Waals surface area (Å²) in [7, 11) is 0. The van der Waals surface area contributed by atoms with E-state index in [2.05, 4.69) is 10.2 Å². The van der Waals surface area contributed by atoms with Crippen molar-refractivity contribution in [3.05, 3.63) is 28.3 Å². The summed E-state index contributed by atoms with van der Waals surface area (Å²) in [6.45, 7) is 6.63. The summed E-state index contributed by atoms with van der Waals surface area (Å²) in [5, 5.41) is 14.5. The van der Waals surface area contributed by atoms with Gasteiger partial charge in [0, 0.05) is 44.0 Å². The third-order valence-electron chi connectivity index (χ3n) is 4.31. The Morgan fingerprint density at radius 3 is 2.67 bits per heavy atom. The lowest BCUT2D eigenvalue weighted by Gasteiger charge is -2.20. The molecule has 2 saturated heterocycles. The molecule has 2 unspecified atom stereocenters. The van der Waals surface area contributed by atoms with Gasteiger partial charge in [-0.05, 0) is 18.3 Å². The molecule has 2 aliphatic heterocycles. The molecular weight excluding hydrogens is 270 g/mol. The lowest BCUT2D eigenvalue weighted by Crippen LogP contribution is -2.25. The normalized spacial score (nSPS) is 24.1. The molecule has 6 nitrogen and oxygen atoms in total. The molecule has 0 amide bonds. The first-order chi connectivity index (χ1) is 10.2. The van der Waals surface area contributed by atoms with E-state index in [1.54, 1.807) is 6.07 Å². The number of benzene rings is 1. The van der Waals surface area contributed by atoms with E-state index in [0.29, 0.717) is 24.2 Å². The Kier molecular flexibility index (Phi) is 3.96. The van der Waals surface area contributed by atoms with Gasteiger partial charge in [0.1, 0.15) is 5.75 Å². The highest BCUT2D eigenvalue weighted by molar-refractivity contribution is 5.58. The number of fused-ring (bicyclic) bond motifs is 1. The molecule has 2 atom stereocenters. The van der Waals surface area contributed by atoms with Crippen LogP contribution in [0.2, 0.25) is 0 Å². The molecule has 0 aromatic heterocycles. The van der Waals surface area contributed by atoms with Gasteiger partial charge < -0.3 is 15.0 Å². The summed E-state index contributed by atoms with van der Waals surface area (Å²) in [6, 6.07) is 5.10. The average Bonchev–Trinajstić information content (AvgIpc) is 3.05. The minimum absolute atomic E-state index is 0.105. The first-order valence-electron chi connectivity index (χ1n) is 7.55. The van der Waals surface area contributed by atoms with Crippen molar-refractivity contribution in [3.8, 4) is 5.75 Å². The zero-order valence-corrected chi connectivity index (χ0v) is 12.2. The van der Waals surface area contributed by atoms with Crippen molar-refractivity contribution in [2.24, 2.45) is 11.8 Å². The van der Waals surface area contributed by atoms with Crippen molar-refractivity contribution in [1.82, 2.24) is 5.32 Å². The lowest BCUT2D eigenvalue weighted by molar-refractivity contribution is -0.384. The van der Waals surface area contributed by atoms with E-state index in [1.165, 1.54) is 6.07 Å². The van der Waals surface area contributed by atoms with Crippen LogP contribution in [0.3, 0.4) is 0 Å². The zero-order valence-electron chi connectivity index (χ0n) is 12.2. The standard InChI is InChI=1S/C15H21N3O3/c1-2-3-21-15-5-13(4-14(6-15)18(19)20)17-9-11-7-16-8-12(11)10-17/h4-6,11-12,16H,2-3,7-10H2,1H3. The fraction of sp³-hybridized carbons (Fsp3) is 0.600. The minimum Gasteiger partial charge on any atom is -0.493 e. The largest absolute Gasteiger partial charge is 0.493 e. The molecular formula is C15H21N3O3. The van der Waals surface area contributed by atoms with Crippen molar-refractivity contribution in [1.29, 1.82) is 0 Å². The predicted molar refractivity (Wildman–Crippen MR) is 80.9 cm³/mol. The molecule has 2 aliphatic rings. The van der Waals surface area contributed by atoms with E-state index in [9.17, 15) is 10.1 Å². The smallest absolute Gasteiger partial charge is 0.275 e. The maximum Gasteiger partial charge on any atom is 0.275 e. The van der Waals surface area contributed by atoms with Gasteiger partial charge in [0.15, 0.2) is 0 Å². The van der Waals surface area contributed by atoms with Gasteiger partial charge in [-0.15, -0.1) is 0 Å². The highest BCUT2D eigenvalue weighted by Crippen LogP contribution is 2.34. The quantitative estimate of drug-likeness (QED) is 0.664. The molecule has 1 aromatic rings. The number of non-ortho nitro benzene ring substituents is 1. The molecule has 1 N–H and O–H groups in total. The second kappa shape index (κ2) is 5.89. The van der Waals surface area contributed by atoms with Crippen LogP contribution in [0.15, 0.2) is 18.2 Å². The number of nitrogens with zero attached hydrogens (tertiary/aromatic N) is 2. The van der Waals surface area contributed by atoms with Crippen LogP contribution >= 0.6 is 0 Å². The van der Waals surface area contributed by atoms with E-state index < -0.39 is 0 Å². The summed E-state index contributed by atoms with van der Waals surface area (Å²) in [4.78, 5) is 13.0. The monoisotopic (exact) mass is 291 g/mol. The molecule has 6 heteroatoms. The molecule has 0 saturated carbocycles. The number of ether oxygens (including phenoxy) is 1. The van der Waals surface area contributed by atoms with Crippen molar-refractivity contribution in [2.45, 2.75) is 13.3 Å². The average molecular weight is 291 g/mol. The number of hydrogen-bond acceptors (Lipinski definition) is 5. The van der Waals surface area contributed by atoms with Crippen LogP contribution < -0.4 is 15.0 Å². The highest BCUT2D eigenvalue weighted by Gasteiger charge is 2.36. The predicted octanol–water partition coefficient (Wildman–Crippen LogP) is 2.04. The lowest BCUT2D eigenvalue weighted by atomic mass is 10.0. The third kappa shape index (κ3) is 2.95. The third-order valence-corrected chi connectivity index (χ3v) is 4.31.